The summed E-state index contributed by atoms with van der Waals surface area (Å²) >= 11 is 12.2. The Hall–Kier alpha value is 0.310. The largest absolute Gasteiger partial charge is 0.319 e. The smallest absolute Gasteiger partial charge is 0.0762 e. The number of hydrogen-bond donors (Lipinski definition) is 1. The lowest BCUT2D eigenvalue weighted by molar-refractivity contribution is 0.559. The molecule has 0 aliphatic rings. The molecule has 1 atom stereocenters. The highest BCUT2D eigenvalue weighted by Crippen LogP contribution is 2.38. The predicted molar refractivity (Wildman–Crippen MR) is 86.0 cm³/mol. The molecule has 2 N–H and O–H groups in total. The molecule has 2 aromatic heterocycles. The molecule has 2 heterocycles. The van der Waals surface area contributed by atoms with E-state index in [-0.39, 0.29) is 6.04 Å². The van der Waals surface area contributed by atoms with Gasteiger partial charge in [0.15, 0.2) is 0 Å². The topological polar surface area (TPSA) is 43.8 Å². The van der Waals surface area contributed by atoms with E-state index in [0.29, 0.717) is 0 Å². The molecule has 0 bridgehead atoms. The van der Waals surface area contributed by atoms with Gasteiger partial charge in [-0.2, -0.15) is 5.10 Å². The molecule has 0 spiro atoms. The average Bonchev–Trinajstić information content (AvgIpc) is 2.82. The molecule has 0 radical (unpaired) electrons. The highest BCUT2D eigenvalue weighted by molar-refractivity contribution is 9.12. The maximum Gasteiger partial charge on any atom is 0.0762 e. The third-order valence-electron chi connectivity index (χ3n) is 2.58. The second kappa shape index (κ2) is 6.17. The van der Waals surface area contributed by atoms with Crippen LogP contribution in [0, 0.1) is 0 Å². The van der Waals surface area contributed by atoms with Crippen molar-refractivity contribution in [3.05, 3.63) is 35.6 Å². The number of thiophene rings is 1. The van der Waals surface area contributed by atoms with Crippen molar-refractivity contribution in [2.45, 2.75) is 25.9 Å². The summed E-state index contributed by atoms with van der Waals surface area (Å²) in [5.41, 5.74) is 8.46. The average molecular weight is 458 g/mol. The maximum absolute atomic E-state index is 6.37. The van der Waals surface area contributed by atoms with Gasteiger partial charge in [0.1, 0.15) is 0 Å². The van der Waals surface area contributed by atoms with Crippen LogP contribution >= 0.6 is 59.1 Å². The van der Waals surface area contributed by atoms with E-state index >= 15 is 0 Å². The van der Waals surface area contributed by atoms with Gasteiger partial charge >= 0.3 is 0 Å². The Bertz CT molecular complexity index is 550. The molecule has 0 saturated heterocycles. The molecule has 0 fully saturated rings. The SMILES string of the molecule is CCCn1ncc(Br)c1C(N)c1cc(Br)sc1Br. The minimum absolute atomic E-state index is 0.189. The lowest BCUT2D eigenvalue weighted by Crippen LogP contribution is -2.18. The Kier molecular flexibility index (Phi) is 5.05. The highest BCUT2D eigenvalue weighted by atomic mass is 79.9. The third-order valence-corrected chi connectivity index (χ3v) is 5.58. The summed E-state index contributed by atoms with van der Waals surface area (Å²) in [6.07, 6.45) is 2.84. The van der Waals surface area contributed by atoms with Crippen LogP contribution < -0.4 is 5.73 Å². The Morgan fingerprint density at radius 3 is 2.72 bits per heavy atom. The normalized spacial score (nSPS) is 12.9. The van der Waals surface area contributed by atoms with E-state index < -0.39 is 0 Å². The van der Waals surface area contributed by atoms with Crippen LogP contribution in [0.5, 0.6) is 0 Å². The van der Waals surface area contributed by atoms with Crippen LogP contribution in [-0.2, 0) is 6.54 Å². The van der Waals surface area contributed by atoms with Crippen molar-refractivity contribution in [1.29, 1.82) is 0 Å². The van der Waals surface area contributed by atoms with E-state index in [1.165, 1.54) is 0 Å². The first-order valence-electron chi connectivity index (χ1n) is 5.46. The van der Waals surface area contributed by atoms with Crippen molar-refractivity contribution in [3.63, 3.8) is 0 Å². The fourth-order valence-electron chi connectivity index (χ4n) is 1.78. The van der Waals surface area contributed by atoms with Crippen LogP contribution in [0.15, 0.2) is 24.3 Å². The van der Waals surface area contributed by atoms with E-state index in [1.54, 1.807) is 17.5 Å². The summed E-state index contributed by atoms with van der Waals surface area (Å²) in [7, 11) is 0. The van der Waals surface area contributed by atoms with Gasteiger partial charge in [0.25, 0.3) is 0 Å². The number of aromatic nitrogens is 2. The van der Waals surface area contributed by atoms with Gasteiger partial charge < -0.3 is 5.73 Å². The lowest BCUT2D eigenvalue weighted by atomic mass is 10.1. The lowest BCUT2D eigenvalue weighted by Gasteiger charge is -2.14. The fourth-order valence-corrected chi connectivity index (χ4v) is 5.26. The zero-order chi connectivity index (χ0) is 13.3. The Labute approximate surface area is 135 Å². The number of nitrogens with zero attached hydrogens (tertiary/aromatic N) is 2. The van der Waals surface area contributed by atoms with E-state index in [4.69, 9.17) is 5.73 Å². The number of nitrogens with two attached hydrogens (primary N) is 1. The standard InChI is InChI=1S/C11H12Br3N3S/c1-2-3-17-10(7(12)5-16-17)9(15)6-4-8(13)18-11(6)14/h4-5,9H,2-3,15H2,1H3. The van der Waals surface area contributed by atoms with E-state index in [0.717, 1.165) is 36.3 Å². The summed E-state index contributed by atoms with van der Waals surface area (Å²) in [5, 5.41) is 4.35. The molecule has 3 nitrogen and oxygen atoms in total. The van der Waals surface area contributed by atoms with Crippen LogP contribution in [0.1, 0.15) is 30.6 Å². The van der Waals surface area contributed by atoms with Crippen LogP contribution in [-0.4, -0.2) is 9.78 Å². The summed E-state index contributed by atoms with van der Waals surface area (Å²) in [6, 6.07) is 1.86. The van der Waals surface area contributed by atoms with Crippen molar-refractivity contribution < 1.29 is 0 Å². The molecule has 7 heteroatoms. The van der Waals surface area contributed by atoms with Crippen molar-refractivity contribution in [3.8, 4) is 0 Å². The Morgan fingerprint density at radius 2 is 2.17 bits per heavy atom. The number of rotatable bonds is 4. The van der Waals surface area contributed by atoms with Gasteiger partial charge in [-0.25, -0.2) is 0 Å². The molecule has 0 amide bonds. The summed E-state index contributed by atoms with van der Waals surface area (Å²) in [4.78, 5) is 0. The first-order chi connectivity index (χ1) is 8.54. The molecular formula is C11H12Br3N3S. The predicted octanol–water partition coefficient (Wildman–Crippen LogP) is 4.69. The van der Waals surface area contributed by atoms with Crippen LogP contribution in [0.4, 0.5) is 0 Å². The number of hydrogen-bond acceptors (Lipinski definition) is 3. The Balaban J connectivity index is 2.42. The van der Waals surface area contributed by atoms with Crippen molar-refractivity contribution in [2.75, 3.05) is 0 Å². The van der Waals surface area contributed by atoms with Crippen molar-refractivity contribution >= 4 is 59.1 Å². The maximum atomic E-state index is 6.37. The monoisotopic (exact) mass is 455 g/mol. The molecular weight excluding hydrogens is 446 g/mol. The molecule has 98 valence electrons. The van der Waals surface area contributed by atoms with Crippen LogP contribution in [0.3, 0.4) is 0 Å². The molecule has 1 unspecified atom stereocenters. The van der Waals surface area contributed by atoms with Gasteiger partial charge in [0.2, 0.25) is 0 Å². The quantitative estimate of drug-likeness (QED) is 0.723. The van der Waals surface area contributed by atoms with Crippen LogP contribution in [0.2, 0.25) is 0 Å². The highest BCUT2D eigenvalue weighted by Gasteiger charge is 2.21. The minimum atomic E-state index is -0.189. The number of aryl methyl sites for hydroxylation is 1. The zero-order valence-corrected chi connectivity index (χ0v) is 15.2. The van der Waals surface area contributed by atoms with Crippen LogP contribution in [0.25, 0.3) is 0 Å². The molecule has 2 aromatic rings. The fraction of sp³-hybridized carbons (Fsp3) is 0.364. The summed E-state index contributed by atoms with van der Waals surface area (Å²) < 4.78 is 5.04. The van der Waals surface area contributed by atoms with Gasteiger partial charge in [-0.3, -0.25) is 4.68 Å². The van der Waals surface area contributed by atoms with Gasteiger partial charge in [0.05, 0.1) is 30.0 Å². The molecule has 0 saturated carbocycles. The summed E-state index contributed by atoms with van der Waals surface area (Å²) in [6.45, 7) is 3.00. The van der Waals surface area contributed by atoms with E-state index in [9.17, 15) is 0 Å². The summed E-state index contributed by atoms with van der Waals surface area (Å²) in [5.74, 6) is 0. The molecule has 0 aliphatic carbocycles. The minimum Gasteiger partial charge on any atom is -0.319 e. The van der Waals surface area contributed by atoms with Crippen molar-refractivity contribution in [2.24, 2.45) is 5.73 Å². The molecule has 0 aromatic carbocycles. The van der Waals surface area contributed by atoms with E-state index in [1.807, 2.05) is 4.68 Å². The molecule has 0 aliphatic heterocycles. The zero-order valence-electron chi connectivity index (χ0n) is 9.66. The first-order valence-corrected chi connectivity index (χ1v) is 8.65. The Morgan fingerprint density at radius 1 is 1.44 bits per heavy atom. The third kappa shape index (κ3) is 2.90. The van der Waals surface area contributed by atoms with Gasteiger partial charge in [-0.05, 0) is 60.3 Å². The van der Waals surface area contributed by atoms with E-state index in [2.05, 4.69) is 65.9 Å². The molecule has 2 rings (SSSR count). The number of halogens is 3. The molecule has 18 heavy (non-hydrogen) atoms. The van der Waals surface area contributed by atoms with Crippen molar-refractivity contribution in [1.82, 2.24) is 9.78 Å². The second-order valence-corrected chi connectivity index (χ2v) is 8.46. The van der Waals surface area contributed by atoms with Gasteiger partial charge in [-0.15, -0.1) is 11.3 Å². The second-order valence-electron chi connectivity index (χ2n) is 3.86. The van der Waals surface area contributed by atoms with Gasteiger partial charge in [0, 0.05) is 12.1 Å². The first kappa shape index (κ1) is 14.7. The van der Waals surface area contributed by atoms with Gasteiger partial charge in [-0.1, -0.05) is 6.92 Å².